The van der Waals surface area contributed by atoms with Crippen molar-refractivity contribution in [2.45, 2.75) is 32.8 Å². The minimum atomic E-state index is -0.943. The number of hydrogen-bond acceptors (Lipinski definition) is 5. The van der Waals surface area contributed by atoms with Crippen LogP contribution < -0.4 is 10.1 Å². The molecule has 2 amide bonds. The van der Waals surface area contributed by atoms with Crippen molar-refractivity contribution in [1.29, 1.82) is 0 Å². The minimum absolute atomic E-state index is 0.0570. The van der Waals surface area contributed by atoms with Crippen molar-refractivity contribution in [3.63, 3.8) is 0 Å². The second kappa shape index (κ2) is 8.33. The second-order valence-electron chi connectivity index (χ2n) is 5.50. The molecule has 7 heteroatoms. The van der Waals surface area contributed by atoms with Crippen molar-refractivity contribution in [2.24, 2.45) is 0 Å². The lowest BCUT2D eigenvalue weighted by molar-refractivity contribution is -0.155. The first-order valence-electron chi connectivity index (χ1n) is 8.00. The van der Waals surface area contributed by atoms with Crippen LogP contribution in [-0.2, 0) is 19.1 Å². The molecule has 2 rings (SSSR count). The van der Waals surface area contributed by atoms with Crippen molar-refractivity contribution in [2.75, 3.05) is 25.0 Å². The maximum absolute atomic E-state index is 12.1. The fraction of sp³-hybridized carbons (Fsp3) is 0.471. The summed E-state index contributed by atoms with van der Waals surface area (Å²) in [5, 5.41) is 2.67. The van der Waals surface area contributed by atoms with E-state index in [-0.39, 0.29) is 12.5 Å². The third-order valence-corrected chi connectivity index (χ3v) is 3.60. The van der Waals surface area contributed by atoms with E-state index in [1.54, 1.807) is 24.3 Å². The molecule has 1 aromatic carbocycles. The molecule has 1 N–H and O–H groups in total. The molecular weight excluding hydrogens is 312 g/mol. The molecular formula is C17H22N2O5. The number of hydrogen-bond donors (Lipinski definition) is 1. The predicted octanol–water partition coefficient (Wildman–Crippen LogP) is 1.58. The number of anilines is 1. The topological polar surface area (TPSA) is 84.9 Å². The summed E-state index contributed by atoms with van der Waals surface area (Å²) in [6.07, 6.45) is 0.266. The van der Waals surface area contributed by atoms with Gasteiger partial charge in [-0.15, -0.1) is 0 Å². The highest BCUT2D eigenvalue weighted by Crippen LogP contribution is 2.16. The molecule has 1 aliphatic rings. The summed E-state index contributed by atoms with van der Waals surface area (Å²) in [6.45, 7) is 4.40. The summed E-state index contributed by atoms with van der Waals surface area (Å²) < 4.78 is 10.4. The number of likely N-dealkylation sites (tertiary alicyclic amines) is 1. The average Bonchev–Trinajstić information content (AvgIpc) is 2.94. The van der Waals surface area contributed by atoms with Crippen LogP contribution in [0.5, 0.6) is 5.75 Å². The van der Waals surface area contributed by atoms with E-state index in [9.17, 15) is 14.4 Å². The van der Waals surface area contributed by atoms with E-state index in [0.29, 0.717) is 31.0 Å². The minimum Gasteiger partial charge on any atom is -0.494 e. The van der Waals surface area contributed by atoms with Gasteiger partial charge < -0.3 is 19.7 Å². The Bertz CT molecular complexity index is 600. The molecule has 0 aliphatic carbocycles. The number of carbonyl (C=O) groups is 3. The van der Waals surface area contributed by atoms with E-state index in [4.69, 9.17) is 9.47 Å². The highest BCUT2D eigenvalue weighted by Gasteiger charge is 2.25. The van der Waals surface area contributed by atoms with Crippen LogP contribution in [0.1, 0.15) is 26.7 Å². The molecule has 0 saturated carbocycles. The predicted molar refractivity (Wildman–Crippen MR) is 87.6 cm³/mol. The summed E-state index contributed by atoms with van der Waals surface area (Å²) in [6, 6.07) is 6.91. The molecule has 1 fully saturated rings. The highest BCUT2D eigenvalue weighted by atomic mass is 16.5. The van der Waals surface area contributed by atoms with E-state index in [1.807, 2.05) is 6.92 Å². The summed E-state index contributed by atoms with van der Waals surface area (Å²) in [7, 11) is 0. The Labute approximate surface area is 140 Å². The van der Waals surface area contributed by atoms with Crippen LogP contribution in [0.15, 0.2) is 24.3 Å². The van der Waals surface area contributed by atoms with E-state index in [1.165, 1.54) is 11.8 Å². The van der Waals surface area contributed by atoms with Gasteiger partial charge in [0.2, 0.25) is 5.91 Å². The molecule has 0 unspecified atom stereocenters. The number of amides is 2. The van der Waals surface area contributed by atoms with Crippen LogP contribution in [-0.4, -0.2) is 48.5 Å². The lowest BCUT2D eigenvalue weighted by Gasteiger charge is -2.17. The number of carbonyl (C=O) groups excluding carboxylic acids is 3. The van der Waals surface area contributed by atoms with E-state index in [2.05, 4.69) is 5.32 Å². The maximum Gasteiger partial charge on any atom is 0.326 e. The Morgan fingerprint density at radius 2 is 2.00 bits per heavy atom. The summed E-state index contributed by atoms with van der Waals surface area (Å²) >= 11 is 0. The quantitative estimate of drug-likeness (QED) is 0.765. The Kier molecular flexibility index (Phi) is 6.17. The first kappa shape index (κ1) is 17.8. The van der Waals surface area contributed by atoms with Crippen LogP contribution in [0.2, 0.25) is 0 Å². The van der Waals surface area contributed by atoms with E-state index >= 15 is 0 Å². The van der Waals surface area contributed by atoms with Gasteiger partial charge in [0.25, 0.3) is 5.91 Å². The van der Waals surface area contributed by atoms with Crippen molar-refractivity contribution in [1.82, 2.24) is 4.90 Å². The van der Waals surface area contributed by atoms with Crippen molar-refractivity contribution >= 4 is 23.5 Å². The van der Waals surface area contributed by atoms with Crippen LogP contribution in [0.25, 0.3) is 0 Å². The highest BCUT2D eigenvalue weighted by molar-refractivity contribution is 5.95. The average molecular weight is 334 g/mol. The number of benzene rings is 1. The van der Waals surface area contributed by atoms with Gasteiger partial charge in [-0.2, -0.15) is 0 Å². The molecule has 7 nitrogen and oxygen atoms in total. The van der Waals surface area contributed by atoms with Crippen molar-refractivity contribution in [3.8, 4) is 5.75 Å². The largest absolute Gasteiger partial charge is 0.494 e. The van der Waals surface area contributed by atoms with Gasteiger partial charge in [0.1, 0.15) is 12.3 Å². The van der Waals surface area contributed by atoms with Gasteiger partial charge >= 0.3 is 5.97 Å². The van der Waals surface area contributed by atoms with E-state index in [0.717, 1.165) is 6.42 Å². The van der Waals surface area contributed by atoms with E-state index < -0.39 is 18.0 Å². The summed E-state index contributed by atoms with van der Waals surface area (Å²) in [5.74, 6) is -0.358. The first-order chi connectivity index (χ1) is 11.5. The lowest BCUT2D eigenvalue weighted by atomic mass is 10.3. The maximum atomic E-state index is 12.1. The number of esters is 1. The Hall–Kier alpha value is -2.57. The lowest BCUT2D eigenvalue weighted by Crippen LogP contribution is -2.36. The van der Waals surface area contributed by atoms with Crippen molar-refractivity contribution in [3.05, 3.63) is 24.3 Å². The fourth-order valence-corrected chi connectivity index (χ4v) is 2.36. The number of rotatable bonds is 7. The normalized spacial score (nSPS) is 15.1. The van der Waals surface area contributed by atoms with Crippen LogP contribution >= 0.6 is 0 Å². The van der Waals surface area contributed by atoms with Gasteiger partial charge in [0.15, 0.2) is 6.10 Å². The van der Waals surface area contributed by atoms with Gasteiger partial charge in [-0.1, -0.05) is 0 Å². The number of nitrogens with zero attached hydrogens (tertiary/aromatic N) is 1. The molecule has 130 valence electrons. The summed E-state index contributed by atoms with van der Waals surface area (Å²) in [5.41, 5.74) is 0.584. The smallest absolute Gasteiger partial charge is 0.326 e. The van der Waals surface area contributed by atoms with Gasteiger partial charge in [-0.05, 0) is 44.5 Å². The first-order valence-corrected chi connectivity index (χ1v) is 8.00. The third-order valence-electron chi connectivity index (χ3n) is 3.60. The van der Waals surface area contributed by atoms with Gasteiger partial charge in [0, 0.05) is 18.7 Å². The van der Waals surface area contributed by atoms with Gasteiger partial charge in [-0.25, -0.2) is 0 Å². The second-order valence-corrected chi connectivity index (χ2v) is 5.50. The standard InChI is InChI=1S/C17H22N2O5/c1-3-23-14-8-6-13(7-9-14)18-17(22)12(2)24-16(21)11-19-10-4-5-15(19)20/h6-9,12H,3-5,10-11H2,1-2H3,(H,18,22)/t12-/m0/s1. The van der Waals surface area contributed by atoms with Crippen LogP contribution in [0.3, 0.4) is 0 Å². The molecule has 1 aromatic rings. The zero-order chi connectivity index (χ0) is 17.5. The van der Waals surface area contributed by atoms with Gasteiger partial charge in [-0.3, -0.25) is 14.4 Å². The zero-order valence-electron chi connectivity index (χ0n) is 13.9. The van der Waals surface area contributed by atoms with Gasteiger partial charge in [0.05, 0.1) is 6.61 Å². The Morgan fingerprint density at radius 1 is 1.29 bits per heavy atom. The fourth-order valence-electron chi connectivity index (χ4n) is 2.36. The molecule has 0 bridgehead atoms. The zero-order valence-corrected chi connectivity index (χ0v) is 13.9. The molecule has 24 heavy (non-hydrogen) atoms. The van der Waals surface area contributed by atoms with Crippen LogP contribution in [0.4, 0.5) is 5.69 Å². The molecule has 1 aliphatic heterocycles. The molecule has 0 radical (unpaired) electrons. The number of nitrogens with one attached hydrogen (secondary N) is 1. The molecule has 1 heterocycles. The number of ether oxygens (including phenoxy) is 2. The Morgan fingerprint density at radius 3 is 2.58 bits per heavy atom. The summed E-state index contributed by atoms with van der Waals surface area (Å²) in [4.78, 5) is 36.8. The Balaban J connectivity index is 1.80. The monoisotopic (exact) mass is 334 g/mol. The third kappa shape index (κ3) is 4.97. The molecule has 1 saturated heterocycles. The van der Waals surface area contributed by atoms with Crippen LogP contribution in [0, 0.1) is 0 Å². The molecule has 1 atom stereocenters. The molecule has 0 aromatic heterocycles. The SMILES string of the molecule is CCOc1ccc(NC(=O)[C@H](C)OC(=O)CN2CCCC2=O)cc1. The van der Waals surface area contributed by atoms with Crippen molar-refractivity contribution < 1.29 is 23.9 Å². The molecule has 0 spiro atoms.